The van der Waals surface area contributed by atoms with Gasteiger partial charge in [-0.25, -0.2) is 0 Å². The summed E-state index contributed by atoms with van der Waals surface area (Å²) in [6.45, 7) is 1.95. The maximum absolute atomic E-state index is 8.36. The van der Waals surface area contributed by atoms with Gasteiger partial charge in [0.2, 0.25) is 0 Å². The molecule has 1 nitrogen and oxygen atoms in total. The molecule has 1 N–H and O–H groups in total. The molecule has 1 atom stereocenters. The van der Waals surface area contributed by atoms with Gasteiger partial charge in [0.25, 0.3) is 0 Å². The van der Waals surface area contributed by atoms with Crippen LogP contribution in [-0.2, 0) is 0 Å². The summed E-state index contributed by atoms with van der Waals surface area (Å²) in [4.78, 5) is 0. The fraction of sp³-hybridized carbons (Fsp3) is 1.00. The van der Waals surface area contributed by atoms with E-state index in [1.54, 1.807) is 36.6 Å². The third-order valence-corrected chi connectivity index (χ3v) is 1.19. The Morgan fingerprint density at radius 1 is 2.00 bits per heavy atom. The molecule has 34 valence electrons. The van der Waals surface area contributed by atoms with E-state index in [9.17, 15) is 0 Å². The van der Waals surface area contributed by atoms with Crippen molar-refractivity contribution in [2.75, 3.05) is 0 Å². The van der Waals surface area contributed by atoms with Crippen LogP contribution in [0.25, 0.3) is 0 Å². The molecule has 0 aromatic rings. The molecule has 0 amide bonds. The van der Waals surface area contributed by atoms with Gasteiger partial charge in [0, 0.05) is 0 Å². The van der Waals surface area contributed by atoms with E-state index in [-0.39, 0.29) is 2.08 Å². The van der Waals surface area contributed by atoms with Crippen molar-refractivity contribution in [1.29, 1.82) is 0 Å². The van der Waals surface area contributed by atoms with E-state index < -0.39 is 0 Å². The van der Waals surface area contributed by atoms with Gasteiger partial charge >= 0.3 is 57.2 Å². The summed E-state index contributed by atoms with van der Waals surface area (Å²) in [6, 6.07) is 0. The molecule has 0 heterocycles. The zero-order chi connectivity index (χ0) is 4.28. The Morgan fingerprint density at radius 3 is 2.20 bits per heavy atom. The molecule has 0 bridgehead atoms. The molecule has 0 rings (SSSR count). The molecule has 0 radical (unpaired) electrons. The Kier molecular flexibility index (Phi) is 4.29. The number of hydrogen-bond donors (Lipinski definition) is 1. The molecular formula is C3H7OTb. The van der Waals surface area contributed by atoms with Gasteiger partial charge < -0.3 is 0 Å². The first kappa shape index (κ1) is 6.25. The summed E-state index contributed by atoms with van der Waals surface area (Å²) < 4.78 is -0.116. The second-order valence-corrected chi connectivity index (χ2v) is 2.24. The zero-order valence-corrected chi connectivity index (χ0v) is 5.20. The fourth-order valence-corrected chi connectivity index (χ4v) is 0. The standard InChI is InChI=1S/C3H7O.Tb/c1-2-3-4;/h3-4H,2H2,1H3;. The summed E-state index contributed by atoms with van der Waals surface area (Å²) in [5.74, 6) is 0. The number of aliphatic hydroxyl groups is 1. The molecule has 0 aromatic carbocycles. The van der Waals surface area contributed by atoms with Gasteiger partial charge in [-0.1, -0.05) is 0 Å². The Balaban J connectivity index is 2.54. The first-order chi connectivity index (χ1) is 2.27. The van der Waals surface area contributed by atoms with Crippen molar-refractivity contribution in [1.82, 2.24) is 0 Å². The molecule has 0 spiro atoms. The van der Waals surface area contributed by atoms with E-state index in [2.05, 4.69) is 0 Å². The van der Waals surface area contributed by atoms with Gasteiger partial charge in [-0.2, -0.15) is 0 Å². The molecular weight excluding hydrogens is 211 g/mol. The number of hydrogen-bond acceptors (Lipinski definition) is 1. The van der Waals surface area contributed by atoms with Crippen LogP contribution in [0.15, 0.2) is 0 Å². The summed E-state index contributed by atoms with van der Waals surface area (Å²) in [5, 5.41) is 8.36. The van der Waals surface area contributed by atoms with Crippen molar-refractivity contribution < 1.29 is 41.7 Å². The normalized spacial score (nSPS) is 15.2. The molecule has 2 heteroatoms. The summed E-state index contributed by atoms with van der Waals surface area (Å²) in [6.07, 6.45) is 0.861. The SMILES string of the molecule is CC[CH](O)[Tb]. The van der Waals surface area contributed by atoms with Crippen LogP contribution in [-0.4, -0.2) is 7.18 Å². The molecule has 0 fully saturated rings. The predicted octanol–water partition coefficient (Wildman–Crippen LogP) is 0.264. The van der Waals surface area contributed by atoms with Gasteiger partial charge in [-0.05, 0) is 0 Å². The van der Waals surface area contributed by atoms with Crippen molar-refractivity contribution in [3.8, 4) is 0 Å². The van der Waals surface area contributed by atoms with Gasteiger partial charge in [0.05, 0.1) is 0 Å². The van der Waals surface area contributed by atoms with Crippen LogP contribution in [0.3, 0.4) is 0 Å². The van der Waals surface area contributed by atoms with Gasteiger partial charge in [-0.15, -0.1) is 0 Å². The molecule has 0 aliphatic heterocycles. The molecule has 5 heavy (non-hydrogen) atoms. The minimum absolute atomic E-state index is 0.116. The molecule has 0 saturated heterocycles. The Hall–Kier alpha value is 1.25. The van der Waals surface area contributed by atoms with Crippen molar-refractivity contribution in [2.45, 2.75) is 15.4 Å². The fourth-order valence-electron chi connectivity index (χ4n) is 0. The van der Waals surface area contributed by atoms with E-state index in [1.165, 1.54) is 0 Å². The van der Waals surface area contributed by atoms with Gasteiger partial charge in [0.1, 0.15) is 0 Å². The Morgan fingerprint density at radius 2 is 2.20 bits per heavy atom. The van der Waals surface area contributed by atoms with Crippen LogP contribution in [0.2, 0.25) is 0 Å². The summed E-state index contributed by atoms with van der Waals surface area (Å²) in [5.41, 5.74) is 0. The number of rotatable bonds is 1. The van der Waals surface area contributed by atoms with Crippen LogP contribution in [0.4, 0.5) is 0 Å². The van der Waals surface area contributed by atoms with Crippen molar-refractivity contribution >= 4 is 0 Å². The van der Waals surface area contributed by atoms with Crippen molar-refractivity contribution in [2.24, 2.45) is 0 Å². The van der Waals surface area contributed by atoms with E-state index in [4.69, 9.17) is 5.11 Å². The third kappa shape index (κ3) is 5.25. The van der Waals surface area contributed by atoms with E-state index in [0.717, 1.165) is 6.42 Å². The summed E-state index contributed by atoms with van der Waals surface area (Å²) >= 11 is 1.78. The van der Waals surface area contributed by atoms with Crippen LogP contribution in [0, 0.1) is 36.6 Å². The van der Waals surface area contributed by atoms with Crippen molar-refractivity contribution in [3.05, 3.63) is 0 Å². The monoisotopic (exact) mass is 218 g/mol. The maximum atomic E-state index is 8.36. The van der Waals surface area contributed by atoms with E-state index >= 15 is 0 Å². The topological polar surface area (TPSA) is 20.2 Å². The average molecular weight is 218 g/mol. The molecule has 1 unspecified atom stereocenters. The third-order valence-electron chi connectivity index (χ3n) is 0.319. The molecule has 0 aliphatic rings. The quantitative estimate of drug-likeness (QED) is 0.669. The second kappa shape index (κ2) is 3.44. The van der Waals surface area contributed by atoms with E-state index in [1.807, 2.05) is 6.92 Å². The summed E-state index contributed by atoms with van der Waals surface area (Å²) in [7, 11) is 0. The first-order valence-electron chi connectivity index (χ1n) is 1.57. The Labute approximate surface area is 56.7 Å². The van der Waals surface area contributed by atoms with Crippen LogP contribution in [0.1, 0.15) is 13.3 Å². The molecule has 0 saturated carbocycles. The van der Waals surface area contributed by atoms with Gasteiger partial charge in [0.15, 0.2) is 0 Å². The van der Waals surface area contributed by atoms with Crippen LogP contribution < -0.4 is 0 Å². The molecule has 0 aliphatic carbocycles. The van der Waals surface area contributed by atoms with Crippen LogP contribution in [0.5, 0.6) is 0 Å². The molecule has 0 aromatic heterocycles. The predicted molar refractivity (Wildman–Crippen MR) is 16.3 cm³/mol. The Bertz CT molecular complexity index is 20.9. The minimum atomic E-state index is -0.116. The second-order valence-electron chi connectivity index (χ2n) is 0.813. The first-order valence-corrected chi connectivity index (χ1v) is 2.80. The van der Waals surface area contributed by atoms with E-state index in [0.29, 0.717) is 0 Å². The zero-order valence-electron chi connectivity index (χ0n) is 3.07. The van der Waals surface area contributed by atoms with Gasteiger partial charge in [-0.3, -0.25) is 0 Å². The average Bonchev–Trinajstić information content (AvgIpc) is 1.38. The van der Waals surface area contributed by atoms with Crippen LogP contribution >= 0.6 is 0 Å². The number of aliphatic hydroxyl groups excluding tert-OH is 1. The van der Waals surface area contributed by atoms with Crippen molar-refractivity contribution in [3.63, 3.8) is 0 Å².